The minimum atomic E-state index is -2.48. The molecule has 0 unspecified atom stereocenters. The summed E-state index contributed by atoms with van der Waals surface area (Å²) >= 11 is 0. The molecule has 0 saturated carbocycles. The van der Waals surface area contributed by atoms with E-state index in [-0.39, 0.29) is 19.1 Å². The van der Waals surface area contributed by atoms with Gasteiger partial charge in [-0.1, -0.05) is 13.0 Å². The Labute approximate surface area is 123 Å². The Morgan fingerprint density at radius 3 is 2.76 bits per heavy atom. The van der Waals surface area contributed by atoms with Gasteiger partial charge in [0, 0.05) is 18.8 Å². The maximum Gasteiger partial charge on any atom is 0.261 e. The van der Waals surface area contributed by atoms with E-state index in [2.05, 4.69) is 10.6 Å². The summed E-state index contributed by atoms with van der Waals surface area (Å²) in [5.41, 5.74) is 2.39. The number of hydrogen-bond acceptors (Lipinski definition) is 3. The lowest BCUT2D eigenvalue weighted by atomic mass is 10.1. The fraction of sp³-hybridized carbons (Fsp3) is 0.533. The van der Waals surface area contributed by atoms with Crippen LogP contribution in [0.1, 0.15) is 29.3 Å². The second-order valence-corrected chi connectivity index (χ2v) is 4.70. The van der Waals surface area contributed by atoms with Gasteiger partial charge in [0.2, 0.25) is 0 Å². The van der Waals surface area contributed by atoms with E-state index in [0.717, 1.165) is 24.2 Å². The van der Waals surface area contributed by atoms with Crippen LogP contribution < -0.4 is 10.6 Å². The first-order valence-electron chi connectivity index (χ1n) is 7.03. The number of anilines is 1. The van der Waals surface area contributed by atoms with Crippen LogP contribution in [0.4, 0.5) is 14.5 Å². The van der Waals surface area contributed by atoms with E-state index in [1.54, 1.807) is 6.07 Å². The molecule has 0 aromatic heterocycles. The summed E-state index contributed by atoms with van der Waals surface area (Å²) in [6.45, 7) is 4.44. The zero-order valence-electron chi connectivity index (χ0n) is 12.4. The Bertz CT molecular complexity index is 453. The van der Waals surface area contributed by atoms with Crippen molar-refractivity contribution in [2.75, 3.05) is 31.6 Å². The number of alkyl halides is 2. The minimum Gasteiger partial charge on any atom is -0.384 e. The number of carbonyl (C=O) groups excluding carboxylic acids is 1. The maximum atomic E-state index is 12.1. The summed E-state index contributed by atoms with van der Waals surface area (Å²) in [4.78, 5) is 12.1. The number of hydrogen-bond donors (Lipinski definition) is 2. The van der Waals surface area contributed by atoms with Crippen LogP contribution in [0.15, 0.2) is 18.2 Å². The molecule has 1 aromatic rings. The molecule has 1 rings (SSSR count). The van der Waals surface area contributed by atoms with Crippen LogP contribution in [0.2, 0.25) is 0 Å². The number of benzene rings is 1. The van der Waals surface area contributed by atoms with E-state index in [0.29, 0.717) is 5.56 Å². The molecule has 0 aliphatic heterocycles. The average Bonchev–Trinajstić information content (AvgIpc) is 2.44. The zero-order valence-corrected chi connectivity index (χ0v) is 12.4. The first kappa shape index (κ1) is 17.4. The minimum absolute atomic E-state index is 0.0691. The number of ether oxygens (including phenoxy) is 1. The Balaban J connectivity index is 2.52. The van der Waals surface area contributed by atoms with Crippen molar-refractivity contribution >= 4 is 11.6 Å². The number of aryl methyl sites for hydroxylation is 1. The highest BCUT2D eigenvalue weighted by molar-refractivity contribution is 5.99. The molecule has 0 fully saturated rings. The molecule has 0 atom stereocenters. The molecule has 0 spiro atoms. The van der Waals surface area contributed by atoms with Gasteiger partial charge in [0.15, 0.2) is 0 Å². The average molecular weight is 300 g/mol. The van der Waals surface area contributed by atoms with Gasteiger partial charge in [-0.25, -0.2) is 8.78 Å². The van der Waals surface area contributed by atoms with Crippen molar-refractivity contribution in [1.29, 1.82) is 0 Å². The molecule has 0 heterocycles. The van der Waals surface area contributed by atoms with Crippen LogP contribution in [0, 0.1) is 6.92 Å². The molecular weight excluding hydrogens is 278 g/mol. The SMILES string of the molecule is CCCNc1cc(C)ccc1C(=O)NCCOCC(F)F. The molecule has 6 heteroatoms. The van der Waals surface area contributed by atoms with Gasteiger partial charge in [-0.15, -0.1) is 0 Å². The fourth-order valence-corrected chi connectivity index (χ4v) is 1.77. The van der Waals surface area contributed by atoms with Crippen LogP contribution in [0.25, 0.3) is 0 Å². The summed E-state index contributed by atoms with van der Waals surface area (Å²) < 4.78 is 28.5. The highest BCUT2D eigenvalue weighted by Gasteiger charge is 2.11. The van der Waals surface area contributed by atoms with E-state index in [9.17, 15) is 13.6 Å². The van der Waals surface area contributed by atoms with Gasteiger partial charge in [0.1, 0.15) is 6.61 Å². The Morgan fingerprint density at radius 2 is 2.10 bits per heavy atom. The third-order valence-electron chi connectivity index (χ3n) is 2.76. The van der Waals surface area contributed by atoms with E-state index < -0.39 is 13.0 Å². The third kappa shape index (κ3) is 6.53. The maximum absolute atomic E-state index is 12.1. The highest BCUT2D eigenvalue weighted by Crippen LogP contribution is 2.17. The third-order valence-corrected chi connectivity index (χ3v) is 2.76. The molecule has 0 bridgehead atoms. The summed E-state index contributed by atoms with van der Waals surface area (Å²) in [7, 11) is 0. The first-order valence-corrected chi connectivity index (χ1v) is 7.03. The van der Waals surface area contributed by atoms with Crippen LogP contribution >= 0.6 is 0 Å². The van der Waals surface area contributed by atoms with Crippen molar-refractivity contribution in [2.24, 2.45) is 0 Å². The van der Waals surface area contributed by atoms with Gasteiger partial charge < -0.3 is 15.4 Å². The van der Waals surface area contributed by atoms with Crippen molar-refractivity contribution in [2.45, 2.75) is 26.7 Å². The molecular formula is C15H22F2N2O2. The molecule has 118 valence electrons. The number of nitrogens with one attached hydrogen (secondary N) is 2. The summed E-state index contributed by atoms with van der Waals surface area (Å²) in [5, 5.41) is 5.87. The molecule has 4 nitrogen and oxygen atoms in total. The lowest BCUT2D eigenvalue weighted by molar-refractivity contribution is 0.0188. The van der Waals surface area contributed by atoms with E-state index in [4.69, 9.17) is 4.74 Å². The second-order valence-electron chi connectivity index (χ2n) is 4.70. The van der Waals surface area contributed by atoms with Gasteiger partial charge in [-0.3, -0.25) is 4.79 Å². The largest absolute Gasteiger partial charge is 0.384 e. The van der Waals surface area contributed by atoms with Crippen LogP contribution in [0.5, 0.6) is 0 Å². The monoisotopic (exact) mass is 300 g/mol. The van der Waals surface area contributed by atoms with Gasteiger partial charge >= 0.3 is 0 Å². The quantitative estimate of drug-likeness (QED) is 0.690. The molecule has 0 radical (unpaired) electrons. The van der Waals surface area contributed by atoms with Crippen molar-refractivity contribution < 1.29 is 18.3 Å². The molecule has 0 aliphatic rings. The van der Waals surface area contributed by atoms with Crippen molar-refractivity contribution in [3.05, 3.63) is 29.3 Å². The summed E-state index contributed by atoms with van der Waals surface area (Å²) in [6.07, 6.45) is -1.53. The van der Waals surface area contributed by atoms with Crippen LogP contribution in [-0.2, 0) is 4.74 Å². The molecule has 1 aromatic carbocycles. The Hall–Kier alpha value is -1.69. The lowest BCUT2D eigenvalue weighted by Crippen LogP contribution is -2.28. The molecule has 2 N–H and O–H groups in total. The molecule has 1 amide bonds. The number of halogens is 2. The smallest absolute Gasteiger partial charge is 0.261 e. The predicted octanol–water partition coefficient (Wildman–Crippen LogP) is 2.83. The topological polar surface area (TPSA) is 50.4 Å². The Morgan fingerprint density at radius 1 is 1.33 bits per heavy atom. The first-order chi connectivity index (χ1) is 10.0. The number of amides is 1. The summed E-state index contributed by atoms with van der Waals surface area (Å²) in [6, 6.07) is 5.53. The Kier molecular flexibility index (Phi) is 7.68. The molecule has 21 heavy (non-hydrogen) atoms. The molecule has 0 saturated heterocycles. The second kappa shape index (κ2) is 9.28. The van der Waals surface area contributed by atoms with Gasteiger partial charge in [-0.2, -0.15) is 0 Å². The predicted molar refractivity (Wildman–Crippen MR) is 79.1 cm³/mol. The number of carbonyl (C=O) groups is 1. The van der Waals surface area contributed by atoms with E-state index in [1.165, 1.54) is 0 Å². The van der Waals surface area contributed by atoms with Gasteiger partial charge in [-0.05, 0) is 31.0 Å². The van der Waals surface area contributed by atoms with Gasteiger partial charge in [0.25, 0.3) is 12.3 Å². The normalized spacial score (nSPS) is 10.7. The van der Waals surface area contributed by atoms with E-state index >= 15 is 0 Å². The van der Waals surface area contributed by atoms with Gasteiger partial charge in [0.05, 0.1) is 12.2 Å². The standard InChI is InChI=1S/C15H22F2N2O2/c1-3-6-18-13-9-11(2)4-5-12(13)15(20)19-7-8-21-10-14(16)17/h4-5,9,14,18H,3,6-8,10H2,1-2H3,(H,19,20). The zero-order chi connectivity index (χ0) is 15.7. The fourth-order valence-electron chi connectivity index (χ4n) is 1.77. The van der Waals surface area contributed by atoms with Crippen LogP contribution in [-0.4, -0.2) is 38.6 Å². The van der Waals surface area contributed by atoms with E-state index in [1.807, 2.05) is 26.0 Å². The van der Waals surface area contributed by atoms with Crippen molar-refractivity contribution in [3.63, 3.8) is 0 Å². The lowest BCUT2D eigenvalue weighted by Gasteiger charge is -2.13. The van der Waals surface area contributed by atoms with Crippen molar-refractivity contribution in [3.8, 4) is 0 Å². The van der Waals surface area contributed by atoms with Crippen molar-refractivity contribution in [1.82, 2.24) is 5.32 Å². The summed E-state index contributed by atoms with van der Waals surface area (Å²) in [5.74, 6) is -0.241. The molecule has 0 aliphatic carbocycles. The highest BCUT2D eigenvalue weighted by atomic mass is 19.3. The van der Waals surface area contributed by atoms with Crippen LogP contribution in [0.3, 0.4) is 0 Å². The number of rotatable bonds is 9.